The van der Waals surface area contributed by atoms with Crippen molar-refractivity contribution in [3.63, 3.8) is 0 Å². The highest BCUT2D eigenvalue weighted by Crippen LogP contribution is 2.27. The first-order chi connectivity index (χ1) is 10.7. The van der Waals surface area contributed by atoms with Gasteiger partial charge in [-0.1, -0.05) is 6.07 Å². The molecule has 1 fully saturated rings. The highest BCUT2D eigenvalue weighted by molar-refractivity contribution is 14.0. The van der Waals surface area contributed by atoms with Gasteiger partial charge in [0.25, 0.3) is 0 Å². The fourth-order valence-electron chi connectivity index (χ4n) is 2.10. The van der Waals surface area contributed by atoms with Crippen LogP contribution >= 0.6 is 24.0 Å². The Labute approximate surface area is 154 Å². The molecule has 128 valence electrons. The molecule has 0 aliphatic heterocycles. The van der Waals surface area contributed by atoms with Crippen LogP contribution in [-0.4, -0.2) is 39.7 Å². The highest BCUT2D eigenvalue weighted by atomic mass is 127. The molecule has 2 rings (SSSR count). The lowest BCUT2D eigenvalue weighted by Crippen LogP contribution is -2.37. The monoisotopic (exact) mass is 433 g/mol. The van der Waals surface area contributed by atoms with Crippen LogP contribution < -0.4 is 15.4 Å². The average Bonchev–Trinajstić information content (AvgIpc) is 3.38. The largest absolute Gasteiger partial charge is 0.496 e. The number of carbonyl (C=O) groups is 1. The van der Waals surface area contributed by atoms with Crippen LogP contribution in [0.15, 0.2) is 23.2 Å². The van der Waals surface area contributed by atoms with Gasteiger partial charge in [-0.2, -0.15) is 0 Å². The Bertz CT molecular complexity index is 560. The number of guanidine groups is 1. The first-order valence-electron chi connectivity index (χ1n) is 7.37. The van der Waals surface area contributed by atoms with Crippen LogP contribution in [0.3, 0.4) is 0 Å². The van der Waals surface area contributed by atoms with E-state index in [1.807, 2.05) is 6.07 Å². The van der Waals surface area contributed by atoms with Crippen LogP contribution in [0.2, 0.25) is 0 Å². The zero-order valence-corrected chi connectivity index (χ0v) is 16.0. The molecule has 1 aromatic rings. The van der Waals surface area contributed by atoms with Gasteiger partial charge < -0.3 is 20.1 Å². The molecule has 1 saturated carbocycles. The first kappa shape index (κ1) is 19.5. The van der Waals surface area contributed by atoms with Crippen molar-refractivity contribution in [1.29, 1.82) is 0 Å². The number of ether oxygens (including phenoxy) is 2. The lowest BCUT2D eigenvalue weighted by atomic mass is 10.1. The van der Waals surface area contributed by atoms with Gasteiger partial charge in [-0.3, -0.25) is 4.99 Å². The molecule has 7 heteroatoms. The van der Waals surface area contributed by atoms with Gasteiger partial charge >= 0.3 is 5.97 Å². The van der Waals surface area contributed by atoms with Crippen molar-refractivity contribution >= 4 is 35.9 Å². The quantitative estimate of drug-likeness (QED) is 0.312. The number of aliphatic imine (C=N–C) groups is 1. The van der Waals surface area contributed by atoms with E-state index in [9.17, 15) is 4.79 Å². The Morgan fingerprint density at radius 2 is 2.04 bits per heavy atom. The van der Waals surface area contributed by atoms with Crippen LogP contribution in [0.1, 0.15) is 28.8 Å². The van der Waals surface area contributed by atoms with E-state index in [1.165, 1.54) is 27.1 Å². The van der Waals surface area contributed by atoms with Gasteiger partial charge in [0.1, 0.15) is 11.3 Å². The maximum Gasteiger partial charge on any atom is 0.341 e. The van der Waals surface area contributed by atoms with Gasteiger partial charge in [0, 0.05) is 20.1 Å². The van der Waals surface area contributed by atoms with Crippen LogP contribution in [-0.2, 0) is 11.3 Å². The second-order valence-corrected chi connectivity index (χ2v) is 5.28. The van der Waals surface area contributed by atoms with Gasteiger partial charge in [0.05, 0.1) is 14.2 Å². The number of nitrogens with zero attached hydrogens (tertiary/aromatic N) is 1. The van der Waals surface area contributed by atoms with E-state index in [1.54, 1.807) is 19.2 Å². The van der Waals surface area contributed by atoms with Crippen LogP contribution in [0.5, 0.6) is 5.75 Å². The summed E-state index contributed by atoms with van der Waals surface area (Å²) in [7, 11) is 4.63. The van der Waals surface area contributed by atoms with Crippen molar-refractivity contribution in [1.82, 2.24) is 10.6 Å². The SMILES string of the molecule is CN=C(NCc1ccc(OC)c(C(=O)OC)c1)NCC1CC1.I. The lowest BCUT2D eigenvalue weighted by Gasteiger charge is -2.13. The first-order valence-corrected chi connectivity index (χ1v) is 7.37. The summed E-state index contributed by atoms with van der Waals surface area (Å²) in [5.74, 6) is 1.65. The van der Waals surface area contributed by atoms with E-state index in [2.05, 4.69) is 15.6 Å². The molecule has 1 aliphatic rings. The third-order valence-electron chi connectivity index (χ3n) is 3.61. The maximum atomic E-state index is 11.8. The molecule has 1 aromatic carbocycles. The summed E-state index contributed by atoms with van der Waals surface area (Å²) in [6.45, 7) is 1.52. The van der Waals surface area contributed by atoms with Crippen LogP contribution in [0.4, 0.5) is 0 Å². The zero-order chi connectivity index (χ0) is 15.9. The number of hydrogen-bond acceptors (Lipinski definition) is 4. The molecule has 0 radical (unpaired) electrons. The number of esters is 1. The second-order valence-electron chi connectivity index (χ2n) is 5.28. The summed E-state index contributed by atoms with van der Waals surface area (Å²) in [5.41, 5.74) is 1.38. The number of hydrogen-bond donors (Lipinski definition) is 2. The Hall–Kier alpha value is -1.51. The van der Waals surface area contributed by atoms with Gasteiger partial charge in [0.15, 0.2) is 5.96 Å². The minimum absolute atomic E-state index is 0. The Balaban J connectivity index is 0.00000264. The number of nitrogens with one attached hydrogen (secondary N) is 2. The standard InChI is InChI=1S/C16H23N3O3.HI/c1-17-16(18-9-11-4-5-11)19-10-12-6-7-14(21-2)13(8-12)15(20)22-3;/h6-8,11H,4-5,9-10H2,1-3H3,(H2,17,18,19);1H. The molecule has 0 bridgehead atoms. The molecule has 0 saturated heterocycles. The van der Waals surface area contributed by atoms with Crippen molar-refractivity contribution in [2.45, 2.75) is 19.4 Å². The molecule has 0 unspecified atom stereocenters. The number of methoxy groups -OCH3 is 2. The summed E-state index contributed by atoms with van der Waals surface area (Å²) >= 11 is 0. The smallest absolute Gasteiger partial charge is 0.341 e. The van der Waals surface area contributed by atoms with Crippen molar-refractivity contribution in [3.8, 4) is 5.75 Å². The van der Waals surface area contributed by atoms with Crippen molar-refractivity contribution < 1.29 is 14.3 Å². The fourth-order valence-corrected chi connectivity index (χ4v) is 2.10. The third kappa shape index (κ3) is 5.89. The van der Waals surface area contributed by atoms with Gasteiger partial charge in [-0.05, 0) is 36.5 Å². The molecule has 23 heavy (non-hydrogen) atoms. The predicted octanol–water partition coefficient (Wildman–Crippen LogP) is 2.17. The number of halogens is 1. The number of rotatable bonds is 6. The molecule has 6 nitrogen and oxygen atoms in total. The number of benzene rings is 1. The Morgan fingerprint density at radius 1 is 1.30 bits per heavy atom. The normalized spacial score (nSPS) is 13.8. The minimum atomic E-state index is -0.407. The number of carbonyl (C=O) groups excluding carboxylic acids is 1. The molecular weight excluding hydrogens is 409 g/mol. The average molecular weight is 433 g/mol. The molecule has 1 aliphatic carbocycles. The molecule has 0 spiro atoms. The van der Waals surface area contributed by atoms with E-state index in [0.29, 0.717) is 17.9 Å². The molecular formula is C16H24IN3O3. The topological polar surface area (TPSA) is 72.0 Å². The third-order valence-corrected chi connectivity index (χ3v) is 3.61. The summed E-state index contributed by atoms with van der Waals surface area (Å²) in [6.07, 6.45) is 2.59. The van der Waals surface area contributed by atoms with Crippen molar-refractivity contribution in [3.05, 3.63) is 29.3 Å². The lowest BCUT2D eigenvalue weighted by molar-refractivity contribution is 0.0597. The van der Waals surface area contributed by atoms with Crippen molar-refractivity contribution in [2.75, 3.05) is 27.8 Å². The Morgan fingerprint density at radius 3 is 2.61 bits per heavy atom. The molecule has 0 amide bonds. The molecule has 0 atom stereocenters. The zero-order valence-electron chi connectivity index (χ0n) is 13.7. The maximum absolute atomic E-state index is 11.8. The van der Waals surface area contributed by atoms with Crippen LogP contribution in [0.25, 0.3) is 0 Å². The fraction of sp³-hybridized carbons (Fsp3) is 0.500. The van der Waals surface area contributed by atoms with E-state index in [0.717, 1.165) is 24.0 Å². The minimum Gasteiger partial charge on any atom is -0.496 e. The van der Waals surface area contributed by atoms with E-state index in [4.69, 9.17) is 9.47 Å². The highest BCUT2D eigenvalue weighted by Gasteiger charge is 2.21. The van der Waals surface area contributed by atoms with Gasteiger partial charge in [0.2, 0.25) is 0 Å². The summed E-state index contributed by atoms with van der Waals surface area (Å²) in [4.78, 5) is 16.0. The molecule has 2 N–H and O–H groups in total. The summed E-state index contributed by atoms with van der Waals surface area (Å²) < 4.78 is 9.96. The molecule has 0 heterocycles. The Kier molecular flexibility index (Phi) is 8.15. The summed E-state index contributed by atoms with van der Waals surface area (Å²) in [6, 6.07) is 5.45. The van der Waals surface area contributed by atoms with E-state index in [-0.39, 0.29) is 24.0 Å². The second kappa shape index (κ2) is 9.59. The van der Waals surface area contributed by atoms with E-state index < -0.39 is 5.97 Å². The van der Waals surface area contributed by atoms with Crippen LogP contribution in [0, 0.1) is 5.92 Å². The van der Waals surface area contributed by atoms with Crippen molar-refractivity contribution in [2.24, 2.45) is 10.9 Å². The summed E-state index contributed by atoms with van der Waals surface area (Å²) in [5, 5.41) is 6.53. The predicted molar refractivity (Wildman–Crippen MR) is 101 cm³/mol. The van der Waals surface area contributed by atoms with Gasteiger partial charge in [-0.15, -0.1) is 24.0 Å². The van der Waals surface area contributed by atoms with E-state index >= 15 is 0 Å². The van der Waals surface area contributed by atoms with Gasteiger partial charge in [-0.25, -0.2) is 4.79 Å². The molecule has 0 aromatic heterocycles.